The Morgan fingerprint density at radius 1 is 1.29 bits per heavy atom. The molecule has 1 aliphatic rings. The van der Waals surface area contributed by atoms with Gasteiger partial charge in [0.15, 0.2) is 9.84 Å². The minimum atomic E-state index is -3.44. The van der Waals surface area contributed by atoms with Gasteiger partial charge in [-0.2, -0.15) is 0 Å². The molecule has 1 unspecified atom stereocenters. The minimum absolute atomic E-state index is 0.000301. The molecule has 0 amide bonds. The molecule has 1 aliphatic heterocycles. The second kappa shape index (κ2) is 5.67. The van der Waals surface area contributed by atoms with E-state index in [1.807, 2.05) is 0 Å². The van der Waals surface area contributed by atoms with E-state index in [9.17, 15) is 16.8 Å². The second-order valence-electron chi connectivity index (χ2n) is 4.60. The SMILES string of the molecule is CCCCCN(C)S(=O)(=O)C1CCS(=O)(=O)C1. The second-order valence-corrected chi connectivity index (χ2v) is 9.15. The van der Waals surface area contributed by atoms with Gasteiger partial charge in [-0.3, -0.25) is 0 Å². The van der Waals surface area contributed by atoms with E-state index in [-0.39, 0.29) is 17.9 Å². The molecular weight excluding hydrogens is 262 g/mol. The molecule has 0 radical (unpaired) electrons. The molecule has 5 nitrogen and oxygen atoms in total. The highest BCUT2D eigenvalue weighted by atomic mass is 32.2. The highest BCUT2D eigenvalue weighted by Crippen LogP contribution is 2.21. The van der Waals surface area contributed by atoms with Gasteiger partial charge >= 0.3 is 0 Å². The first-order valence-corrected chi connectivity index (χ1v) is 9.27. The van der Waals surface area contributed by atoms with E-state index in [1.165, 1.54) is 11.4 Å². The number of rotatable bonds is 6. The number of unbranched alkanes of at least 4 members (excludes halogenated alkanes) is 2. The lowest BCUT2D eigenvalue weighted by Crippen LogP contribution is -2.37. The van der Waals surface area contributed by atoms with Crippen LogP contribution in [0.2, 0.25) is 0 Å². The summed E-state index contributed by atoms with van der Waals surface area (Å²) in [6.07, 6.45) is 3.09. The van der Waals surface area contributed by atoms with E-state index in [0.717, 1.165) is 19.3 Å². The molecule has 1 rings (SSSR count). The van der Waals surface area contributed by atoms with Crippen LogP contribution in [-0.4, -0.2) is 51.5 Å². The fourth-order valence-corrected chi connectivity index (χ4v) is 6.27. The number of hydrogen-bond donors (Lipinski definition) is 0. The number of nitrogens with zero attached hydrogens (tertiary/aromatic N) is 1. The average Bonchev–Trinajstić information content (AvgIpc) is 2.59. The Morgan fingerprint density at radius 3 is 2.41 bits per heavy atom. The van der Waals surface area contributed by atoms with Crippen LogP contribution in [0, 0.1) is 0 Å². The van der Waals surface area contributed by atoms with Gasteiger partial charge < -0.3 is 0 Å². The number of hydrogen-bond acceptors (Lipinski definition) is 4. The van der Waals surface area contributed by atoms with Gasteiger partial charge in [0.25, 0.3) is 0 Å². The third kappa shape index (κ3) is 3.93. The van der Waals surface area contributed by atoms with Crippen molar-refractivity contribution in [2.75, 3.05) is 25.1 Å². The van der Waals surface area contributed by atoms with E-state index in [1.54, 1.807) is 0 Å². The predicted octanol–water partition coefficient (Wildman–Crippen LogP) is 0.625. The summed E-state index contributed by atoms with van der Waals surface area (Å²) in [5.74, 6) is -0.215. The first-order valence-electron chi connectivity index (χ1n) is 5.95. The molecule has 0 saturated carbocycles. The van der Waals surface area contributed by atoms with E-state index >= 15 is 0 Å². The fraction of sp³-hybridized carbons (Fsp3) is 1.00. The van der Waals surface area contributed by atoms with Gasteiger partial charge in [0.05, 0.1) is 16.8 Å². The van der Waals surface area contributed by atoms with Gasteiger partial charge in [0, 0.05) is 13.6 Å². The Labute approximate surface area is 104 Å². The van der Waals surface area contributed by atoms with Crippen LogP contribution in [0.25, 0.3) is 0 Å². The van der Waals surface area contributed by atoms with Crippen molar-refractivity contribution in [1.82, 2.24) is 4.31 Å². The number of sulfonamides is 1. The zero-order valence-electron chi connectivity index (χ0n) is 10.4. The molecular formula is C10H21NO4S2. The van der Waals surface area contributed by atoms with Crippen LogP contribution in [0.4, 0.5) is 0 Å². The van der Waals surface area contributed by atoms with Crippen molar-refractivity contribution in [3.8, 4) is 0 Å². The summed E-state index contributed by atoms with van der Waals surface area (Å²) in [5.41, 5.74) is 0. The Morgan fingerprint density at radius 2 is 1.94 bits per heavy atom. The molecule has 0 aromatic carbocycles. The number of sulfone groups is 1. The summed E-state index contributed by atoms with van der Waals surface area (Å²) in [5, 5.41) is -0.737. The van der Waals surface area contributed by atoms with Crippen LogP contribution in [-0.2, 0) is 19.9 Å². The van der Waals surface area contributed by atoms with Crippen molar-refractivity contribution in [2.45, 2.75) is 37.9 Å². The Hall–Kier alpha value is -0.140. The molecule has 0 aliphatic carbocycles. The largest absolute Gasteiger partial charge is 0.229 e. The molecule has 0 bridgehead atoms. The first kappa shape index (κ1) is 14.9. The van der Waals surface area contributed by atoms with Crippen LogP contribution >= 0.6 is 0 Å². The Kier molecular flexibility index (Phi) is 4.97. The molecule has 0 N–H and O–H groups in total. The van der Waals surface area contributed by atoms with Gasteiger partial charge in [-0.25, -0.2) is 21.1 Å². The Balaban J connectivity index is 2.62. The van der Waals surface area contributed by atoms with Crippen molar-refractivity contribution >= 4 is 19.9 Å². The van der Waals surface area contributed by atoms with Crippen LogP contribution < -0.4 is 0 Å². The molecule has 0 spiro atoms. The van der Waals surface area contributed by atoms with Crippen molar-refractivity contribution in [3.63, 3.8) is 0 Å². The quantitative estimate of drug-likeness (QED) is 0.670. The maximum absolute atomic E-state index is 12.1. The molecule has 0 aromatic heterocycles. The van der Waals surface area contributed by atoms with Crippen molar-refractivity contribution in [2.24, 2.45) is 0 Å². The van der Waals surface area contributed by atoms with E-state index in [0.29, 0.717) is 6.54 Å². The normalized spacial score (nSPS) is 24.3. The van der Waals surface area contributed by atoms with Gasteiger partial charge in [-0.1, -0.05) is 19.8 Å². The summed E-state index contributed by atoms with van der Waals surface area (Å²) in [4.78, 5) is 0. The molecule has 1 heterocycles. The molecule has 17 heavy (non-hydrogen) atoms. The summed E-state index contributed by atoms with van der Waals surface area (Å²) >= 11 is 0. The maximum atomic E-state index is 12.1. The highest BCUT2D eigenvalue weighted by Gasteiger charge is 2.38. The van der Waals surface area contributed by atoms with Crippen molar-refractivity contribution < 1.29 is 16.8 Å². The summed E-state index contributed by atoms with van der Waals surface area (Å²) in [6.45, 7) is 2.53. The third-order valence-electron chi connectivity index (χ3n) is 3.12. The lowest BCUT2D eigenvalue weighted by Gasteiger charge is -2.20. The summed E-state index contributed by atoms with van der Waals surface area (Å²) < 4.78 is 48.0. The standard InChI is InChI=1S/C10H21NO4S2/c1-3-4-5-7-11(2)17(14,15)10-6-8-16(12,13)9-10/h10H,3-9H2,1-2H3. The van der Waals surface area contributed by atoms with Gasteiger partial charge in [-0.15, -0.1) is 0 Å². The third-order valence-corrected chi connectivity index (χ3v) is 7.40. The molecule has 102 valence electrons. The van der Waals surface area contributed by atoms with E-state index in [4.69, 9.17) is 0 Å². The van der Waals surface area contributed by atoms with Crippen LogP contribution in [0.1, 0.15) is 32.6 Å². The Bertz CT molecular complexity index is 441. The van der Waals surface area contributed by atoms with E-state index < -0.39 is 25.1 Å². The van der Waals surface area contributed by atoms with Crippen molar-refractivity contribution in [3.05, 3.63) is 0 Å². The van der Waals surface area contributed by atoms with Gasteiger partial charge in [-0.05, 0) is 12.8 Å². The minimum Gasteiger partial charge on any atom is -0.229 e. The zero-order chi connectivity index (χ0) is 13.1. The first-order chi connectivity index (χ1) is 7.79. The average molecular weight is 283 g/mol. The lowest BCUT2D eigenvalue weighted by atomic mass is 10.2. The maximum Gasteiger partial charge on any atom is 0.217 e. The van der Waals surface area contributed by atoms with Gasteiger partial charge in [0.1, 0.15) is 0 Å². The predicted molar refractivity (Wildman–Crippen MR) is 68.1 cm³/mol. The lowest BCUT2D eigenvalue weighted by molar-refractivity contribution is 0.446. The monoisotopic (exact) mass is 283 g/mol. The van der Waals surface area contributed by atoms with Gasteiger partial charge in [0.2, 0.25) is 10.0 Å². The van der Waals surface area contributed by atoms with E-state index in [2.05, 4.69) is 6.92 Å². The van der Waals surface area contributed by atoms with Crippen LogP contribution in [0.5, 0.6) is 0 Å². The molecule has 1 fully saturated rings. The topological polar surface area (TPSA) is 71.5 Å². The van der Waals surface area contributed by atoms with Crippen LogP contribution in [0.3, 0.4) is 0 Å². The fourth-order valence-electron chi connectivity index (χ4n) is 1.96. The molecule has 0 aromatic rings. The molecule has 7 heteroatoms. The highest BCUT2D eigenvalue weighted by molar-refractivity contribution is 7.95. The van der Waals surface area contributed by atoms with Crippen molar-refractivity contribution in [1.29, 1.82) is 0 Å². The zero-order valence-corrected chi connectivity index (χ0v) is 12.1. The summed E-state index contributed by atoms with van der Waals surface area (Å²) in [7, 11) is -5.04. The molecule has 1 atom stereocenters. The van der Waals surface area contributed by atoms with Crippen LogP contribution in [0.15, 0.2) is 0 Å². The molecule has 1 saturated heterocycles. The smallest absolute Gasteiger partial charge is 0.217 e. The summed E-state index contributed by atoms with van der Waals surface area (Å²) in [6, 6.07) is 0.